The monoisotopic (exact) mass is 692 g/mol. The van der Waals surface area contributed by atoms with E-state index in [-0.39, 0.29) is 6.15 Å². The van der Waals surface area contributed by atoms with E-state index in [4.69, 9.17) is 0 Å². The van der Waals surface area contributed by atoms with Crippen LogP contribution < -0.4 is 4.90 Å². The summed E-state index contributed by atoms with van der Waals surface area (Å²) >= 11 is 0. The van der Waals surface area contributed by atoms with E-state index >= 15 is 0 Å². The van der Waals surface area contributed by atoms with Crippen molar-refractivity contribution in [3.63, 3.8) is 0 Å². The van der Waals surface area contributed by atoms with Gasteiger partial charge in [-0.1, -0.05) is 184 Å². The van der Waals surface area contributed by atoms with Gasteiger partial charge in [0.2, 0.25) is 0 Å². The Kier molecular flexibility index (Phi) is 30.1. The normalized spacial score (nSPS) is 15.9. The van der Waals surface area contributed by atoms with Gasteiger partial charge in [0.05, 0.1) is 13.6 Å². The van der Waals surface area contributed by atoms with Crippen molar-refractivity contribution in [1.29, 1.82) is 0 Å². The summed E-state index contributed by atoms with van der Waals surface area (Å²) in [5.41, 5.74) is 0.513. The molecule has 0 aromatic heterocycles. The largest absolute Gasteiger partial charge is 0.303 e. The summed E-state index contributed by atoms with van der Waals surface area (Å²) < 4.78 is 25.5. The molecule has 1 nitrogen and oxygen atoms in total. The van der Waals surface area contributed by atoms with E-state index in [0.717, 1.165) is 41.2 Å². The van der Waals surface area contributed by atoms with Gasteiger partial charge in [-0.05, 0) is 36.7 Å². The molecule has 0 heterocycles. The SMILES string of the molecule is CCCCC(CC)CC[B-](CCC(CC)CCCC)(CCC(CC)CCCC)CCC(CC)CCCC.CC[NH+](C)c1ccc(F)cc1F. The van der Waals surface area contributed by atoms with E-state index in [1.807, 2.05) is 14.0 Å². The Bertz CT molecular complexity index is 790. The Morgan fingerprint density at radius 3 is 1.08 bits per heavy atom. The van der Waals surface area contributed by atoms with Crippen LogP contribution in [0.1, 0.15) is 191 Å². The Hall–Kier alpha value is -0.895. The first kappa shape index (κ1) is 48.1. The molecule has 5 unspecified atom stereocenters. The van der Waals surface area contributed by atoms with Gasteiger partial charge in [0, 0.05) is 18.3 Å². The van der Waals surface area contributed by atoms with Crippen LogP contribution in [0.15, 0.2) is 18.2 Å². The van der Waals surface area contributed by atoms with Crippen LogP contribution in [0.4, 0.5) is 14.5 Å². The number of quaternary nitrogens is 1. The average molecular weight is 692 g/mol. The number of benzene rings is 1. The predicted molar refractivity (Wildman–Crippen MR) is 220 cm³/mol. The first-order valence-electron chi connectivity index (χ1n) is 22.1. The number of hydrogen-bond acceptors (Lipinski definition) is 0. The van der Waals surface area contributed by atoms with Crippen molar-refractivity contribution in [1.82, 2.24) is 0 Å². The van der Waals surface area contributed by atoms with Crippen molar-refractivity contribution < 1.29 is 13.7 Å². The molecule has 49 heavy (non-hydrogen) atoms. The molecule has 0 amide bonds. The van der Waals surface area contributed by atoms with Gasteiger partial charge < -0.3 is 4.90 Å². The molecule has 290 valence electrons. The highest BCUT2D eigenvalue weighted by atomic mass is 19.1. The smallest absolute Gasteiger partial charge is 0.186 e. The lowest BCUT2D eigenvalue weighted by molar-refractivity contribution is -0.809. The third-order valence-electron chi connectivity index (χ3n) is 12.8. The topological polar surface area (TPSA) is 4.44 Å². The van der Waals surface area contributed by atoms with Crippen molar-refractivity contribution in [3.8, 4) is 0 Å². The predicted octanol–water partition coefficient (Wildman–Crippen LogP) is 15.0. The summed E-state index contributed by atoms with van der Waals surface area (Å²) in [6.07, 6.45) is 35.0. The molecule has 0 aliphatic carbocycles. The molecule has 1 aromatic carbocycles. The first-order chi connectivity index (χ1) is 23.6. The van der Waals surface area contributed by atoms with Gasteiger partial charge >= 0.3 is 0 Å². The molecule has 1 aromatic rings. The van der Waals surface area contributed by atoms with E-state index in [0.29, 0.717) is 5.69 Å². The highest BCUT2D eigenvalue weighted by Crippen LogP contribution is 2.40. The lowest BCUT2D eigenvalue weighted by Gasteiger charge is -2.44. The zero-order chi connectivity index (χ0) is 36.9. The van der Waals surface area contributed by atoms with E-state index in [1.54, 1.807) is 25.3 Å². The minimum absolute atomic E-state index is 0.236. The number of rotatable bonds is 30. The van der Waals surface area contributed by atoms with Gasteiger partial charge in [-0.15, -0.1) is 0 Å². The third-order valence-corrected chi connectivity index (χ3v) is 12.8. The highest BCUT2D eigenvalue weighted by molar-refractivity contribution is 6.79. The van der Waals surface area contributed by atoms with Crippen LogP contribution in [0.2, 0.25) is 25.3 Å². The number of unbranched alkanes of at least 4 members (excludes halogenated alkanes) is 4. The lowest BCUT2D eigenvalue weighted by atomic mass is 9.16. The van der Waals surface area contributed by atoms with Gasteiger partial charge in [0.15, 0.2) is 11.5 Å². The highest BCUT2D eigenvalue weighted by Gasteiger charge is 2.28. The van der Waals surface area contributed by atoms with Crippen LogP contribution in [0.3, 0.4) is 0 Å². The van der Waals surface area contributed by atoms with E-state index in [1.165, 1.54) is 141 Å². The van der Waals surface area contributed by atoms with E-state index in [2.05, 4.69) is 55.4 Å². The lowest BCUT2D eigenvalue weighted by Crippen LogP contribution is -3.03. The quantitative estimate of drug-likeness (QED) is 0.0766. The maximum absolute atomic E-state index is 13.0. The van der Waals surface area contributed by atoms with Crippen LogP contribution in [0, 0.1) is 35.3 Å². The van der Waals surface area contributed by atoms with Crippen molar-refractivity contribution in [3.05, 3.63) is 29.8 Å². The van der Waals surface area contributed by atoms with Gasteiger partial charge in [0.1, 0.15) is 5.82 Å². The fourth-order valence-corrected chi connectivity index (χ4v) is 8.43. The standard InChI is InChI=1S/C36H76B.C9H11F2N/c1-9-17-21-33(13-5)25-29-37(30-26-34(14-6)22-18-10-2,31-27-35(15-7)23-19-11-3)32-28-36(16-8)24-20-12-4;1-3-12(2)9-5-4-7(10)6-8(9)11/h33-36H,9-32H2,1-8H3;4-6H,3H2,1-2H3/q-1;/p+1. The van der Waals surface area contributed by atoms with Gasteiger partial charge in [-0.25, -0.2) is 8.78 Å². The van der Waals surface area contributed by atoms with Crippen LogP contribution in [-0.2, 0) is 0 Å². The maximum atomic E-state index is 13.0. The Balaban J connectivity index is 0.00000160. The van der Waals surface area contributed by atoms with Gasteiger partial charge in [0.25, 0.3) is 0 Å². The van der Waals surface area contributed by atoms with Crippen molar-refractivity contribution in [2.75, 3.05) is 13.6 Å². The molecule has 0 aliphatic rings. The number of hydrogen-bond donors (Lipinski definition) is 1. The molecule has 0 saturated carbocycles. The molecule has 0 spiro atoms. The van der Waals surface area contributed by atoms with Crippen molar-refractivity contribution in [2.24, 2.45) is 23.7 Å². The zero-order valence-electron chi connectivity index (χ0n) is 35.1. The molecule has 0 saturated heterocycles. The minimum Gasteiger partial charge on any atom is -0.303 e. The maximum Gasteiger partial charge on any atom is 0.186 e. The molecule has 0 fully saturated rings. The summed E-state index contributed by atoms with van der Waals surface area (Å²) in [5, 5.41) is 0. The van der Waals surface area contributed by atoms with Crippen LogP contribution in [-0.4, -0.2) is 19.7 Å². The van der Waals surface area contributed by atoms with Crippen LogP contribution in [0.5, 0.6) is 0 Å². The number of nitrogens with one attached hydrogen (secondary N) is 1. The summed E-state index contributed by atoms with van der Waals surface area (Å²) in [7, 11) is 1.84. The minimum atomic E-state index is -0.528. The fourth-order valence-electron chi connectivity index (χ4n) is 8.43. The Labute approximate surface area is 307 Å². The molecular weight excluding hydrogens is 603 g/mol. The molecule has 4 heteroatoms. The number of halogens is 2. The summed E-state index contributed by atoms with van der Waals surface area (Å²) in [5.74, 6) is 2.91. The van der Waals surface area contributed by atoms with Crippen molar-refractivity contribution in [2.45, 2.75) is 216 Å². The molecule has 0 radical (unpaired) electrons. The Morgan fingerprint density at radius 2 is 0.837 bits per heavy atom. The second kappa shape index (κ2) is 30.7. The van der Waals surface area contributed by atoms with Crippen LogP contribution >= 0.6 is 0 Å². The zero-order valence-corrected chi connectivity index (χ0v) is 35.1. The molecule has 1 rings (SSSR count). The third kappa shape index (κ3) is 21.9. The second-order valence-corrected chi connectivity index (χ2v) is 16.5. The van der Waals surface area contributed by atoms with E-state index in [9.17, 15) is 8.78 Å². The van der Waals surface area contributed by atoms with Crippen LogP contribution in [0.25, 0.3) is 0 Å². The van der Waals surface area contributed by atoms with E-state index < -0.39 is 11.6 Å². The summed E-state index contributed by atoms with van der Waals surface area (Å²) in [6, 6.07) is 3.66. The molecule has 0 bridgehead atoms. The summed E-state index contributed by atoms with van der Waals surface area (Å²) in [6.45, 7) is 22.1. The molecule has 0 aliphatic heterocycles. The van der Waals surface area contributed by atoms with Crippen molar-refractivity contribution >= 4 is 11.8 Å². The Morgan fingerprint density at radius 1 is 0.510 bits per heavy atom. The fraction of sp³-hybridized carbons (Fsp3) is 0.867. The first-order valence-corrected chi connectivity index (χ1v) is 22.1. The van der Waals surface area contributed by atoms with Gasteiger partial charge in [-0.3, -0.25) is 0 Å². The summed E-state index contributed by atoms with van der Waals surface area (Å²) in [4.78, 5) is 0.938. The molecule has 1 N–H and O–H groups in total. The average Bonchev–Trinajstić information content (AvgIpc) is 3.11. The molecule has 5 atom stereocenters. The second-order valence-electron chi connectivity index (χ2n) is 16.5. The molecular formula is C45H88BF2N. The van der Waals surface area contributed by atoms with Gasteiger partial charge in [-0.2, -0.15) is 25.3 Å².